The van der Waals surface area contributed by atoms with E-state index in [1.807, 2.05) is 0 Å². The summed E-state index contributed by atoms with van der Waals surface area (Å²) in [4.78, 5) is 0. The molecule has 0 radical (unpaired) electrons. The standard InChI is InChI=1S/C14H20O/c1-9-8-12(15-5)10(2)13-11(9)6-7-14(13,3)4/h8H,6-7H2,1-5H3. The van der Waals surface area contributed by atoms with Crippen LogP contribution < -0.4 is 4.74 Å². The monoisotopic (exact) mass is 204 g/mol. The van der Waals surface area contributed by atoms with Crippen molar-refractivity contribution in [3.63, 3.8) is 0 Å². The molecule has 0 amide bonds. The van der Waals surface area contributed by atoms with Gasteiger partial charge in [0.15, 0.2) is 0 Å². The zero-order valence-corrected chi connectivity index (χ0v) is 10.4. The van der Waals surface area contributed by atoms with E-state index in [2.05, 4.69) is 33.8 Å². The Labute approximate surface area is 92.5 Å². The van der Waals surface area contributed by atoms with E-state index >= 15 is 0 Å². The Bertz CT molecular complexity index is 402. The van der Waals surface area contributed by atoms with Crippen molar-refractivity contribution in [2.75, 3.05) is 7.11 Å². The second-order valence-electron chi connectivity index (χ2n) is 5.26. The van der Waals surface area contributed by atoms with Gasteiger partial charge >= 0.3 is 0 Å². The summed E-state index contributed by atoms with van der Waals surface area (Å²) < 4.78 is 5.44. The molecule has 0 fully saturated rings. The van der Waals surface area contributed by atoms with Gasteiger partial charge < -0.3 is 4.74 Å². The molecule has 0 spiro atoms. The summed E-state index contributed by atoms with van der Waals surface area (Å²) in [6, 6.07) is 2.18. The van der Waals surface area contributed by atoms with Gasteiger partial charge in [0.05, 0.1) is 7.11 Å². The van der Waals surface area contributed by atoms with Crippen LogP contribution >= 0.6 is 0 Å². The molecule has 0 atom stereocenters. The van der Waals surface area contributed by atoms with E-state index in [0.29, 0.717) is 5.41 Å². The van der Waals surface area contributed by atoms with Crippen molar-refractivity contribution in [1.29, 1.82) is 0 Å². The fourth-order valence-corrected chi connectivity index (χ4v) is 2.95. The predicted molar refractivity (Wildman–Crippen MR) is 63.8 cm³/mol. The highest BCUT2D eigenvalue weighted by Crippen LogP contribution is 2.44. The second-order valence-corrected chi connectivity index (χ2v) is 5.26. The van der Waals surface area contributed by atoms with Crippen LogP contribution in [0.15, 0.2) is 6.07 Å². The third-order valence-electron chi connectivity index (χ3n) is 3.77. The van der Waals surface area contributed by atoms with Gasteiger partial charge in [-0.3, -0.25) is 0 Å². The summed E-state index contributed by atoms with van der Waals surface area (Å²) in [6.45, 7) is 9.06. The average molecular weight is 204 g/mol. The van der Waals surface area contributed by atoms with Gasteiger partial charge in [0.25, 0.3) is 0 Å². The first-order chi connectivity index (χ1) is 6.97. The lowest BCUT2D eigenvalue weighted by Gasteiger charge is -2.23. The molecule has 15 heavy (non-hydrogen) atoms. The summed E-state index contributed by atoms with van der Waals surface area (Å²) in [5.74, 6) is 1.04. The molecule has 0 N–H and O–H groups in total. The number of methoxy groups -OCH3 is 1. The summed E-state index contributed by atoms with van der Waals surface area (Å²) in [5.41, 5.74) is 6.12. The van der Waals surface area contributed by atoms with Crippen LogP contribution in [0, 0.1) is 13.8 Å². The van der Waals surface area contributed by atoms with E-state index < -0.39 is 0 Å². The SMILES string of the molecule is COc1cc(C)c2c(c1C)C(C)(C)CC2. The molecule has 0 aliphatic heterocycles. The van der Waals surface area contributed by atoms with Crippen LogP contribution in [-0.2, 0) is 11.8 Å². The molecule has 1 nitrogen and oxygen atoms in total. The lowest BCUT2D eigenvalue weighted by atomic mass is 9.83. The summed E-state index contributed by atoms with van der Waals surface area (Å²) in [6.07, 6.45) is 2.48. The van der Waals surface area contributed by atoms with Gasteiger partial charge in [0.2, 0.25) is 0 Å². The van der Waals surface area contributed by atoms with Crippen LogP contribution in [0.4, 0.5) is 0 Å². The maximum atomic E-state index is 5.44. The van der Waals surface area contributed by atoms with Crippen LogP contribution in [0.2, 0.25) is 0 Å². The van der Waals surface area contributed by atoms with Crippen molar-refractivity contribution in [3.05, 3.63) is 28.3 Å². The minimum absolute atomic E-state index is 0.318. The number of aryl methyl sites for hydroxylation is 1. The van der Waals surface area contributed by atoms with Gasteiger partial charge in [-0.05, 0) is 60.4 Å². The number of fused-ring (bicyclic) bond motifs is 1. The number of hydrogen-bond donors (Lipinski definition) is 0. The first kappa shape index (κ1) is 10.5. The van der Waals surface area contributed by atoms with Gasteiger partial charge in [-0.2, -0.15) is 0 Å². The van der Waals surface area contributed by atoms with E-state index in [1.54, 1.807) is 12.7 Å². The Kier molecular flexibility index (Phi) is 2.29. The Morgan fingerprint density at radius 3 is 2.53 bits per heavy atom. The third kappa shape index (κ3) is 1.45. The average Bonchev–Trinajstić information content (AvgIpc) is 2.48. The zero-order valence-electron chi connectivity index (χ0n) is 10.4. The molecule has 0 heterocycles. The van der Waals surface area contributed by atoms with E-state index in [9.17, 15) is 0 Å². The van der Waals surface area contributed by atoms with Crippen molar-refractivity contribution in [1.82, 2.24) is 0 Å². The highest BCUT2D eigenvalue weighted by Gasteiger charge is 2.33. The largest absolute Gasteiger partial charge is 0.496 e. The summed E-state index contributed by atoms with van der Waals surface area (Å²) in [5, 5.41) is 0. The van der Waals surface area contributed by atoms with E-state index in [-0.39, 0.29) is 0 Å². The molecule has 1 aliphatic rings. The Hall–Kier alpha value is -0.980. The molecule has 1 heteroatoms. The van der Waals surface area contributed by atoms with E-state index in [0.717, 1.165) is 5.75 Å². The molecule has 82 valence electrons. The molecule has 0 aromatic heterocycles. The Morgan fingerprint density at radius 1 is 1.27 bits per heavy atom. The summed E-state index contributed by atoms with van der Waals surface area (Å²) >= 11 is 0. The Balaban J connectivity index is 2.71. The van der Waals surface area contributed by atoms with Gasteiger partial charge in [-0.25, -0.2) is 0 Å². The lowest BCUT2D eigenvalue weighted by Crippen LogP contribution is -2.14. The number of ether oxygens (including phenoxy) is 1. The maximum absolute atomic E-state index is 5.44. The molecule has 1 aromatic carbocycles. The van der Waals surface area contributed by atoms with E-state index in [4.69, 9.17) is 4.74 Å². The molecule has 1 aromatic rings. The van der Waals surface area contributed by atoms with Gasteiger partial charge in [0, 0.05) is 0 Å². The van der Waals surface area contributed by atoms with Crippen molar-refractivity contribution in [3.8, 4) is 5.75 Å². The van der Waals surface area contributed by atoms with Crippen molar-refractivity contribution < 1.29 is 4.74 Å². The minimum atomic E-state index is 0.318. The number of hydrogen-bond acceptors (Lipinski definition) is 1. The number of benzene rings is 1. The lowest BCUT2D eigenvalue weighted by molar-refractivity contribution is 0.408. The Morgan fingerprint density at radius 2 is 1.93 bits per heavy atom. The topological polar surface area (TPSA) is 9.23 Å². The zero-order chi connectivity index (χ0) is 11.2. The maximum Gasteiger partial charge on any atom is 0.122 e. The molecule has 0 bridgehead atoms. The molecule has 0 unspecified atom stereocenters. The third-order valence-corrected chi connectivity index (χ3v) is 3.77. The first-order valence-electron chi connectivity index (χ1n) is 5.65. The van der Waals surface area contributed by atoms with E-state index in [1.165, 1.54) is 29.5 Å². The fraction of sp³-hybridized carbons (Fsp3) is 0.571. The fourth-order valence-electron chi connectivity index (χ4n) is 2.95. The van der Waals surface area contributed by atoms with Crippen LogP contribution in [-0.4, -0.2) is 7.11 Å². The molecule has 0 saturated carbocycles. The van der Waals surface area contributed by atoms with Crippen molar-refractivity contribution >= 4 is 0 Å². The van der Waals surface area contributed by atoms with Gasteiger partial charge in [0.1, 0.15) is 5.75 Å². The minimum Gasteiger partial charge on any atom is -0.496 e. The molecule has 2 rings (SSSR count). The van der Waals surface area contributed by atoms with Gasteiger partial charge in [-0.1, -0.05) is 13.8 Å². The highest BCUT2D eigenvalue weighted by molar-refractivity contribution is 5.54. The molecule has 0 saturated heterocycles. The van der Waals surface area contributed by atoms with Crippen LogP contribution in [0.25, 0.3) is 0 Å². The molecular weight excluding hydrogens is 184 g/mol. The first-order valence-corrected chi connectivity index (χ1v) is 5.65. The quantitative estimate of drug-likeness (QED) is 0.680. The van der Waals surface area contributed by atoms with Crippen molar-refractivity contribution in [2.24, 2.45) is 0 Å². The highest BCUT2D eigenvalue weighted by atomic mass is 16.5. The predicted octanol–water partition coefficient (Wildman–Crippen LogP) is 3.54. The van der Waals surface area contributed by atoms with Crippen LogP contribution in [0.5, 0.6) is 5.75 Å². The summed E-state index contributed by atoms with van der Waals surface area (Å²) in [7, 11) is 1.76. The molecular formula is C14H20O. The van der Waals surface area contributed by atoms with Crippen molar-refractivity contribution in [2.45, 2.75) is 46.0 Å². The normalized spacial score (nSPS) is 17.7. The van der Waals surface area contributed by atoms with Gasteiger partial charge in [-0.15, -0.1) is 0 Å². The van der Waals surface area contributed by atoms with Crippen LogP contribution in [0.3, 0.4) is 0 Å². The smallest absolute Gasteiger partial charge is 0.122 e. The molecule has 1 aliphatic carbocycles. The number of rotatable bonds is 1. The second kappa shape index (κ2) is 3.26. The van der Waals surface area contributed by atoms with Crippen LogP contribution in [0.1, 0.15) is 42.5 Å².